The predicted octanol–water partition coefficient (Wildman–Crippen LogP) is 9.34. The van der Waals surface area contributed by atoms with Crippen molar-refractivity contribution in [2.24, 2.45) is 0 Å². The van der Waals surface area contributed by atoms with Crippen LogP contribution in [0, 0.1) is 0 Å². The quantitative estimate of drug-likeness (QED) is 0.238. The smallest absolute Gasteiger partial charge is 0.127 e. The van der Waals surface area contributed by atoms with Gasteiger partial charge in [0.1, 0.15) is 28.7 Å². The van der Waals surface area contributed by atoms with E-state index >= 15 is 0 Å². The Bertz CT molecular complexity index is 1730. The van der Waals surface area contributed by atoms with Crippen LogP contribution in [0.3, 0.4) is 0 Å². The van der Waals surface area contributed by atoms with E-state index in [1.807, 2.05) is 42.5 Å². The molecule has 0 heterocycles. The number of para-hydroxylation sites is 1. The Labute approximate surface area is 233 Å². The van der Waals surface area contributed by atoms with Gasteiger partial charge in [-0.05, 0) is 94.0 Å². The fraction of sp³-hybridized carbons (Fsp3) is 0.0270. The van der Waals surface area contributed by atoms with Gasteiger partial charge in [-0.25, -0.2) is 0 Å². The Balaban J connectivity index is 1.35. The van der Waals surface area contributed by atoms with Gasteiger partial charge in [0, 0.05) is 0 Å². The molecule has 192 valence electrons. The van der Waals surface area contributed by atoms with Gasteiger partial charge < -0.3 is 14.6 Å². The maximum Gasteiger partial charge on any atom is 0.127 e. The van der Waals surface area contributed by atoms with Crippen LogP contribution in [0.1, 0.15) is 22.3 Å². The Morgan fingerprint density at radius 2 is 0.750 bits per heavy atom. The molecule has 0 aliphatic heterocycles. The van der Waals surface area contributed by atoms with E-state index < -0.39 is 5.41 Å². The first-order chi connectivity index (χ1) is 19.7. The number of rotatable bonds is 6. The summed E-state index contributed by atoms with van der Waals surface area (Å²) in [6.45, 7) is 0. The summed E-state index contributed by atoms with van der Waals surface area (Å²) in [6.07, 6.45) is 0. The zero-order chi connectivity index (χ0) is 26.9. The Morgan fingerprint density at radius 1 is 0.375 bits per heavy atom. The van der Waals surface area contributed by atoms with E-state index in [1.54, 1.807) is 24.3 Å². The van der Waals surface area contributed by atoms with Crippen molar-refractivity contribution in [2.45, 2.75) is 5.41 Å². The van der Waals surface area contributed by atoms with Gasteiger partial charge in [0.05, 0.1) is 5.41 Å². The number of ether oxygens (including phenoxy) is 2. The summed E-state index contributed by atoms with van der Waals surface area (Å²) in [5, 5.41) is 9.60. The van der Waals surface area contributed by atoms with E-state index in [-0.39, 0.29) is 5.75 Å². The van der Waals surface area contributed by atoms with Gasteiger partial charge in [-0.2, -0.15) is 0 Å². The van der Waals surface area contributed by atoms with Gasteiger partial charge in [-0.15, -0.1) is 0 Å². The van der Waals surface area contributed by atoms with Gasteiger partial charge in [0.25, 0.3) is 0 Å². The van der Waals surface area contributed by atoms with Crippen LogP contribution in [0.2, 0.25) is 0 Å². The zero-order valence-corrected chi connectivity index (χ0v) is 21.7. The van der Waals surface area contributed by atoms with E-state index in [4.69, 9.17) is 9.47 Å². The van der Waals surface area contributed by atoms with Crippen LogP contribution >= 0.6 is 0 Å². The lowest BCUT2D eigenvalue weighted by molar-refractivity contribution is 0.464. The summed E-state index contributed by atoms with van der Waals surface area (Å²) in [5.41, 5.74) is 6.80. The lowest BCUT2D eigenvalue weighted by atomic mass is 9.68. The molecule has 3 nitrogen and oxygen atoms in total. The Morgan fingerprint density at radius 3 is 1.23 bits per heavy atom. The molecule has 1 aliphatic rings. The maximum absolute atomic E-state index is 9.60. The Kier molecular flexibility index (Phi) is 5.83. The molecular formula is C37H26O3. The first-order valence-electron chi connectivity index (χ1n) is 13.3. The zero-order valence-electron chi connectivity index (χ0n) is 21.7. The monoisotopic (exact) mass is 518 g/mol. The molecule has 0 spiro atoms. The highest BCUT2D eigenvalue weighted by Crippen LogP contribution is 2.56. The molecule has 0 saturated heterocycles. The molecule has 0 radical (unpaired) electrons. The lowest BCUT2D eigenvalue weighted by Crippen LogP contribution is -2.28. The van der Waals surface area contributed by atoms with Crippen molar-refractivity contribution in [3.05, 3.63) is 174 Å². The van der Waals surface area contributed by atoms with Crippen LogP contribution in [0.5, 0.6) is 28.7 Å². The summed E-state index contributed by atoms with van der Waals surface area (Å²) in [5.74, 6) is 3.22. The van der Waals surface area contributed by atoms with E-state index in [0.717, 1.165) is 28.4 Å². The van der Waals surface area contributed by atoms with Crippen LogP contribution in [0.4, 0.5) is 0 Å². The van der Waals surface area contributed by atoms with Crippen molar-refractivity contribution in [2.75, 3.05) is 0 Å². The molecule has 0 bridgehead atoms. The SMILES string of the molecule is Oc1ccc(Oc2ccc(C3(c4ccc(Oc5ccccc5)cc4)c4ccccc4-c4ccccc43)cc2)cc1. The topological polar surface area (TPSA) is 38.7 Å². The van der Waals surface area contributed by atoms with Crippen LogP contribution in [0.25, 0.3) is 11.1 Å². The molecule has 0 fully saturated rings. The molecule has 6 aromatic rings. The molecule has 40 heavy (non-hydrogen) atoms. The number of aromatic hydroxyl groups is 1. The van der Waals surface area contributed by atoms with Gasteiger partial charge in [0.2, 0.25) is 0 Å². The molecular weight excluding hydrogens is 492 g/mol. The molecule has 6 aromatic carbocycles. The van der Waals surface area contributed by atoms with Crippen LogP contribution in [-0.2, 0) is 5.41 Å². The molecule has 0 atom stereocenters. The largest absolute Gasteiger partial charge is 0.508 e. The maximum atomic E-state index is 9.60. The highest BCUT2D eigenvalue weighted by molar-refractivity contribution is 5.86. The number of phenols is 1. The number of benzene rings is 6. The fourth-order valence-electron chi connectivity index (χ4n) is 5.84. The highest BCUT2D eigenvalue weighted by atomic mass is 16.5. The van der Waals surface area contributed by atoms with Crippen LogP contribution < -0.4 is 9.47 Å². The standard InChI is InChI=1S/C37H26O3/c38-28-18-24-32(25-19-28)40-31-22-16-27(17-23-31)37(26-14-20-30(21-15-26)39-29-8-2-1-3-9-29)35-12-6-4-10-33(35)34-11-5-7-13-36(34)37/h1-25,38H. The summed E-state index contributed by atoms with van der Waals surface area (Å²) in [6, 6.07) is 50.8. The van der Waals surface area contributed by atoms with E-state index in [9.17, 15) is 5.11 Å². The minimum Gasteiger partial charge on any atom is -0.508 e. The normalized spacial score (nSPS) is 12.8. The molecule has 0 unspecified atom stereocenters. The second kappa shape index (κ2) is 9.79. The third-order valence-corrected chi connectivity index (χ3v) is 7.58. The molecule has 1 N–H and O–H groups in total. The summed E-state index contributed by atoms with van der Waals surface area (Å²) < 4.78 is 12.2. The average molecular weight is 519 g/mol. The van der Waals surface area contributed by atoms with E-state index in [2.05, 4.69) is 84.9 Å². The third kappa shape index (κ3) is 4.00. The van der Waals surface area contributed by atoms with Gasteiger partial charge in [0.15, 0.2) is 0 Å². The fourth-order valence-corrected chi connectivity index (χ4v) is 5.84. The molecule has 0 amide bonds. The van der Waals surface area contributed by atoms with Crippen molar-refractivity contribution in [3.63, 3.8) is 0 Å². The van der Waals surface area contributed by atoms with E-state index in [0.29, 0.717) is 5.75 Å². The van der Waals surface area contributed by atoms with E-state index in [1.165, 1.54) is 22.3 Å². The molecule has 0 saturated carbocycles. The van der Waals surface area contributed by atoms with Crippen molar-refractivity contribution in [1.29, 1.82) is 0 Å². The number of hydrogen-bond acceptors (Lipinski definition) is 3. The predicted molar refractivity (Wildman–Crippen MR) is 158 cm³/mol. The number of fused-ring (bicyclic) bond motifs is 3. The second-order valence-corrected chi connectivity index (χ2v) is 9.90. The van der Waals surface area contributed by atoms with Gasteiger partial charge in [-0.3, -0.25) is 0 Å². The van der Waals surface area contributed by atoms with Crippen molar-refractivity contribution >= 4 is 0 Å². The van der Waals surface area contributed by atoms with Gasteiger partial charge in [-0.1, -0.05) is 91.0 Å². The Hall–Kier alpha value is -5.28. The summed E-state index contributed by atoms with van der Waals surface area (Å²) in [4.78, 5) is 0. The van der Waals surface area contributed by atoms with Crippen molar-refractivity contribution in [1.82, 2.24) is 0 Å². The van der Waals surface area contributed by atoms with Crippen LogP contribution in [-0.4, -0.2) is 5.11 Å². The van der Waals surface area contributed by atoms with Crippen LogP contribution in [0.15, 0.2) is 152 Å². The minimum atomic E-state index is -0.504. The third-order valence-electron chi connectivity index (χ3n) is 7.58. The first kappa shape index (κ1) is 23.8. The summed E-state index contributed by atoms with van der Waals surface area (Å²) in [7, 11) is 0. The van der Waals surface area contributed by atoms with Crippen molar-refractivity contribution in [3.8, 4) is 39.9 Å². The number of phenolic OH excluding ortho intramolecular Hbond substituents is 1. The second-order valence-electron chi connectivity index (χ2n) is 9.90. The summed E-state index contributed by atoms with van der Waals surface area (Å²) >= 11 is 0. The molecule has 3 heteroatoms. The average Bonchev–Trinajstić information content (AvgIpc) is 3.31. The van der Waals surface area contributed by atoms with Gasteiger partial charge >= 0.3 is 0 Å². The molecule has 1 aliphatic carbocycles. The van der Waals surface area contributed by atoms with Crippen molar-refractivity contribution < 1.29 is 14.6 Å². The highest BCUT2D eigenvalue weighted by Gasteiger charge is 2.45. The molecule has 0 aromatic heterocycles. The number of hydrogen-bond donors (Lipinski definition) is 1. The molecule has 7 rings (SSSR count). The minimum absolute atomic E-state index is 0.211. The lowest BCUT2D eigenvalue weighted by Gasteiger charge is -2.34. The first-order valence-corrected chi connectivity index (χ1v) is 13.3.